The molecule has 0 aromatic rings. The smallest absolute Gasteiger partial charge is 0.267 e. The normalized spacial score (nSPS) is 19.3. The molecule has 1 heterocycles. The van der Waals surface area contributed by atoms with Gasteiger partial charge in [-0.25, -0.2) is 5.01 Å². The lowest BCUT2D eigenvalue weighted by Crippen LogP contribution is -2.39. The van der Waals surface area contributed by atoms with E-state index in [1.54, 1.807) is 5.01 Å². The Hall–Kier alpha value is -0.570. The van der Waals surface area contributed by atoms with Crippen molar-refractivity contribution in [1.82, 2.24) is 10.0 Å². The molecule has 10 heavy (non-hydrogen) atoms. The first-order valence-electron chi connectivity index (χ1n) is 3.78. The number of rotatable bonds is 3. The fourth-order valence-electron chi connectivity index (χ4n) is 1.26. The monoisotopic (exact) mass is 141 g/mol. The Bertz CT molecular complexity index is 110. The molecule has 0 bridgehead atoms. The zero-order valence-electron chi connectivity index (χ0n) is 6.34. The second-order valence-corrected chi connectivity index (χ2v) is 2.47. The Kier molecular flexibility index (Phi) is 2.68. The Labute approximate surface area is 61.6 Å². The number of hydrogen-bond acceptors (Lipinski definition) is 2. The first-order chi connectivity index (χ1) is 4.88. The van der Waals surface area contributed by atoms with Gasteiger partial charge in [-0.2, -0.15) is 0 Å². The number of amides is 1. The lowest BCUT2D eigenvalue weighted by Gasteiger charge is -2.24. The van der Waals surface area contributed by atoms with Crippen LogP contribution in [0.5, 0.6) is 0 Å². The Morgan fingerprint density at radius 1 is 1.50 bits per heavy atom. The summed E-state index contributed by atoms with van der Waals surface area (Å²) in [7, 11) is 0. The quantitative estimate of drug-likeness (QED) is 0.531. The number of carbonyl (C=O) groups excluding carboxylic acids is 1. The van der Waals surface area contributed by atoms with Crippen molar-refractivity contribution in [3.05, 3.63) is 0 Å². The van der Waals surface area contributed by atoms with Gasteiger partial charge in [0.25, 0.3) is 0 Å². The minimum absolute atomic E-state index is 0.740. The van der Waals surface area contributed by atoms with Gasteiger partial charge < -0.3 is 0 Å². The molecule has 0 aromatic heterocycles. The van der Waals surface area contributed by atoms with Crippen molar-refractivity contribution in [1.29, 1.82) is 0 Å². The van der Waals surface area contributed by atoms with Crippen LogP contribution in [0.15, 0.2) is 0 Å². The van der Waals surface area contributed by atoms with Gasteiger partial charge >= 0.3 is 6.41 Å². The van der Waals surface area contributed by atoms with E-state index in [0.29, 0.717) is 0 Å². The molecule has 3 heteroatoms. The highest BCUT2D eigenvalue weighted by atomic mass is 16.1. The SMILES string of the molecule is CCN([C]=O)N1CCCC1. The van der Waals surface area contributed by atoms with Crippen molar-refractivity contribution in [3.63, 3.8) is 0 Å². The minimum atomic E-state index is 0.740. The number of nitrogens with zero attached hydrogens (tertiary/aromatic N) is 2. The van der Waals surface area contributed by atoms with Crippen LogP contribution in [0.4, 0.5) is 0 Å². The lowest BCUT2D eigenvalue weighted by molar-refractivity contribution is 0.0759. The molecule has 0 N–H and O–H groups in total. The first-order valence-corrected chi connectivity index (χ1v) is 3.78. The minimum Gasteiger partial charge on any atom is -0.267 e. The van der Waals surface area contributed by atoms with Gasteiger partial charge in [0, 0.05) is 19.6 Å². The van der Waals surface area contributed by atoms with E-state index in [-0.39, 0.29) is 0 Å². The van der Waals surface area contributed by atoms with Crippen LogP contribution in [0.2, 0.25) is 0 Å². The zero-order chi connectivity index (χ0) is 7.40. The molecule has 0 aromatic carbocycles. The van der Waals surface area contributed by atoms with Gasteiger partial charge in [-0.1, -0.05) is 0 Å². The van der Waals surface area contributed by atoms with Crippen LogP contribution < -0.4 is 0 Å². The molecule has 0 atom stereocenters. The maximum absolute atomic E-state index is 10.3. The maximum atomic E-state index is 10.3. The summed E-state index contributed by atoms with van der Waals surface area (Å²) >= 11 is 0. The topological polar surface area (TPSA) is 23.6 Å². The van der Waals surface area contributed by atoms with Gasteiger partial charge in [0.05, 0.1) is 0 Å². The molecule has 0 saturated carbocycles. The van der Waals surface area contributed by atoms with E-state index in [0.717, 1.165) is 19.6 Å². The summed E-state index contributed by atoms with van der Waals surface area (Å²) in [5, 5.41) is 3.67. The highest BCUT2D eigenvalue weighted by Gasteiger charge is 2.16. The summed E-state index contributed by atoms with van der Waals surface area (Å²) in [5.41, 5.74) is 0. The van der Waals surface area contributed by atoms with Crippen LogP contribution in [0.1, 0.15) is 19.8 Å². The Morgan fingerprint density at radius 3 is 2.50 bits per heavy atom. The molecule has 57 valence electrons. The van der Waals surface area contributed by atoms with Crippen molar-refractivity contribution in [2.24, 2.45) is 0 Å². The average Bonchev–Trinajstić information content (AvgIpc) is 2.43. The van der Waals surface area contributed by atoms with Gasteiger partial charge in [0.2, 0.25) is 0 Å². The van der Waals surface area contributed by atoms with Crippen LogP contribution in [0.3, 0.4) is 0 Å². The zero-order valence-corrected chi connectivity index (χ0v) is 6.34. The molecular weight excluding hydrogens is 128 g/mol. The van der Waals surface area contributed by atoms with Crippen LogP contribution in [-0.4, -0.2) is 36.1 Å². The molecule has 1 rings (SSSR count). The van der Waals surface area contributed by atoms with Crippen molar-refractivity contribution in [3.8, 4) is 0 Å². The third kappa shape index (κ3) is 1.48. The summed E-state index contributed by atoms with van der Waals surface area (Å²) in [4.78, 5) is 10.3. The fraction of sp³-hybridized carbons (Fsp3) is 0.857. The molecular formula is C7H13N2O. The van der Waals surface area contributed by atoms with Gasteiger partial charge in [0.1, 0.15) is 0 Å². The number of hydrogen-bond donors (Lipinski definition) is 0. The van der Waals surface area contributed by atoms with Crippen molar-refractivity contribution < 1.29 is 4.79 Å². The van der Waals surface area contributed by atoms with Crippen LogP contribution in [0, 0.1) is 0 Å². The van der Waals surface area contributed by atoms with E-state index >= 15 is 0 Å². The summed E-state index contributed by atoms with van der Waals surface area (Å²) in [6, 6.07) is 0. The number of hydrazine groups is 1. The largest absolute Gasteiger partial charge is 0.327 e. The first kappa shape index (κ1) is 7.54. The molecule has 0 spiro atoms. The highest BCUT2D eigenvalue weighted by Crippen LogP contribution is 2.08. The predicted octanol–water partition coefficient (Wildman–Crippen LogP) is 0.386. The van der Waals surface area contributed by atoms with Crippen LogP contribution >= 0.6 is 0 Å². The van der Waals surface area contributed by atoms with Gasteiger partial charge in [-0.05, 0) is 19.8 Å². The van der Waals surface area contributed by atoms with E-state index in [9.17, 15) is 4.79 Å². The third-order valence-corrected chi connectivity index (χ3v) is 1.83. The van der Waals surface area contributed by atoms with Gasteiger partial charge in [-0.15, -0.1) is 0 Å². The standard InChI is InChI=1S/C7H13N2O/c1-2-8(7-10)9-5-3-4-6-9/h2-6H2,1H3. The molecule has 1 aliphatic heterocycles. The second kappa shape index (κ2) is 3.56. The highest BCUT2D eigenvalue weighted by molar-refractivity contribution is 5.47. The Balaban J connectivity index is 2.36. The third-order valence-electron chi connectivity index (χ3n) is 1.83. The van der Waals surface area contributed by atoms with Crippen molar-refractivity contribution in [2.45, 2.75) is 19.8 Å². The van der Waals surface area contributed by atoms with Gasteiger partial charge in [0.15, 0.2) is 0 Å². The fourth-order valence-corrected chi connectivity index (χ4v) is 1.26. The molecule has 1 radical (unpaired) electrons. The molecule has 0 unspecified atom stereocenters. The van der Waals surface area contributed by atoms with Crippen LogP contribution in [0.25, 0.3) is 0 Å². The van der Waals surface area contributed by atoms with E-state index in [1.165, 1.54) is 12.8 Å². The molecule has 1 amide bonds. The lowest BCUT2D eigenvalue weighted by atomic mass is 10.4. The van der Waals surface area contributed by atoms with Gasteiger partial charge in [-0.3, -0.25) is 9.80 Å². The molecule has 3 nitrogen and oxygen atoms in total. The summed E-state index contributed by atoms with van der Waals surface area (Å²) < 4.78 is 0. The summed E-state index contributed by atoms with van der Waals surface area (Å²) in [5.74, 6) is 0. The molecule has 1 saturated heterocycles. The molecule has 1 aliphatic rings. The predicted molar refractivity (Wildman–Crippen MR) is 38.9 cm³/mol. The van der Waals surface area contributed by atoms with Crippen molar-refractivity contribution >= 4 is 6.41 Å². The summed E-state index contributed by atoms with van der Waals surface area (Å²) in [6.07, 6.45) is 4.32. The second-order valence-electron chi connectivity index (χ2n) is 2.47. The summed E-state index contributed by atoms with van der Waals surface area (Å²) in [6.45, 7) is 4.73. The Morgan fingerprint density at radius 2 is 2.10 bits per heavy atom. The van der Waals surface area contributed by atoms with E-state index < -0.39 is 0 Å². The molecule has 0 aliphatic carbocycles. The maximum Gasteiger partial charge on any atom is 0.327 e. The molecule has 1 fully saturated rings. The van der Waals surface area contributed by atoms with E-state index in [2.05, 4.69) is 0 Å². The van der Waals surface area contributed by atoms with Crippen LogP contribution in [-0.2, 0) is 4.79 Å². The van der Waals surface area contributed by atoms with Crippen molar-refractivity contribution in [2.75, 3.05) is 19.6 Å². The average molecular weight is 141 g/mol. The van der Waals surface area contributed by atoms with E-state index in [4.69, 9.17) is 0 Å². The van der Waals surface area contributed by atoms with E-state index in [1.807, 2.05) is 18.3 Å².